The van der Waals surface area contributed by atoms with E-state index in [9.17, 15) is 0 Å². The number of allylic oxidation sites excluding steroid dienone is 2. The second-order valence-corrected chi connectivity index (χ2v) is 14.2. The molecule has 2 heterocycles. The molecular formula is C38H26Cl2O2Zr. The fourth-order valence-electron chi connectivity index (χ4n) is 6.10. The smallest absolute Gasteiger partial charge is 1.00 e. The van der Waals surface area contributed by atoms with Gasteiger partial charge in [-0.25, -0.2) is 0 Å². The van der Waals surface area contributed by atoms with Crippen molar-refractivity contribution in [1.29, 1.82) is 0 Å². The zero-order chi connectivity index (χ0) is 27.2. The largest absolute Gasteiger partial charge is 1.00 e. The molecule has 0 fully saturated rings. The summed E-state index contributed by atoms with van der Waals surface area (Å²) >= 11 is -1.19. The molecule has 208 valence electrons. The van der Waals surface area contributed by atoms with Gasteiger partial charge in [-0.15, -0.1) is 0 Å². The topological polar surface area (TPSA) is 26.3 Å². The van der Waals surface area contributed by atoms with Crippen LogP contribution in [0.5, 0.6) is 0 Å². The third kappa shape index (κ3) is 5.47. The van der Waals surface area contributed by atoms with Crippen molar-refractivity contribution >= 4 is 23.3 Å². The van der Waals surface area contributed by atoms with Gasteiger partial charge >= 0.3 is 253 Å². The number of rotatable bonds is 6. The molecule has 5 heteroatoms. The predicted molar refractivity (Wildman–Crippen MR) is 162 cm³/mol. The van der Waals surface area contributed by atoms with Gasteiger partial charge < -0.3 is 24.8 Å². The SMILES string of the molecule is C1=C(c2ccc(-c3ccccc3)o2)[CH]([Zr+2][CH]2C(c3ccc(-c4ccccc4)o3)=Cc3ccccc32)c2ccccc21.[Cl-].[Cl-]. The summed E-state index contributed by atoms with van der Waals surface area (Å²) in [6.45, 7) is 0. The van der Waals surface area contributed by atoms with E-state index in [0.717, 1.165) is 34.2 Å². The van der Waals surface area contributed by atoms with Crippen LogP contribution in [0.3, 0.4) is 0 Å². The van der Waals surface area contributed by atoms with E-state index in [0.29, 0.717) is 7.25 Å². The van der Waals surface area contributed by atoms with Crippen LogP contribution in [0.15, 0.2) is 142 Å². The molecule has 8 rings (SSSR count). The van der Waals surface area contributed by atoms with E-state index in [1.54, 1.807) is 0 Å². The molecule has 2 atom stereocenters. The maximum Gasteiger partial charge on any atom is -1.00 e. The molecule has 0 N–H and O–H groups in total. The van der Waals surface area contributed by atoms with E-state index < -0.39 is 23.2 Å². The minimum absolute atomic E-state index is 0. The first-order valence-corrected chi connectivity index (χ1v) is 16.8. The Bertz CT molecular complexity index is 1790. The normalized spacial score (nSPS) is 16.2. The first-order chi connectivity index (χ1) is 20.3. The van der Waals surface area contributed by atoms with Crippen LogP contribution in [0.4, 0.5) is 0 Å². The maximum absolute atomic E-state index is 6.54. The van der Waals surface area contributed by atoms with E-state index in [4.69, 9.17) is 8.83 Å². The molecule has 4 aromatic carbocycles. The molecule has 2 aliphatic rings. The summed E-state index contributed by atoms with van der Waals surface area (Å²) in [5.74, 6) is 3.79. The summed E-state index contributed by atoms with van der Waals surface area (Å²) in [5, 5.41) is 0. The van der Waals surface area contributed by atoms with Gasteiger partial charge in [0, 0.05) is 0 Å². The van der Waals surface area contributed by atoms with Gasteiger partial charge in [0.05, 0.1) is 0 Å². The second kappa shape index (κ2) is 12.5. The van der Waals surface area contributed by atoms with Gasteiger partial charge in [-0.2, -0.15) is 0 Å². The molecular weight excluding hydrogens is 651 g/mol. The molecule has 2 aliphatic carbocycles. The molecule has 0 bridgehead atoms. The quantitative estimate of drug-likeness (QED) is 0.265. The van der Waals surface area contributed by atoms with Gasteiger partial charge in [0.1, 0.15) is 0 Å². The van der Waals surface area contributed by atoms with Gasteiger partial charge in [0.15, 0.2) is 0 Å². The molecule has 2 unspecified atom stereocenters. The van der Waals surface area contributed by atoms with Crippen molar-refractivity contribution in [3.05, 3.63) is 167 Å². The standard InChI is InChI=1S/2C19H13O.2ClH.Zr/c2*1-2-6-14(7-3-1)18-10-11-19(20-18)17-12-15-8-4-5-9-16(15)13-17;;;/h2*1-13H;2*1H;/q;;;;+2/p-2. The van der Waals surface area contributed by atoms with Crippen molar-refractivity contribution in [3.8, 4) is 22.6 Å². The zero-order valence-electron chi connectivity index (χ0n) is 23.1. The third-order valence-corrected chi connectivity index (χ3v) is 12.8. The molecule has 0 amide bonds. The van der Waals surface area contributed by atoms with Crippen LogP contribution in [0.25, 0.3) is 45.9 Å². The van der Waals surface area contributed by atoms with Gasteiger partial charge in [-0.05, 0) is 0 Å². The number of halogens is 2. The Balaban J connectivity index is 0.00000165. The van der Waals surface area contributed by atoms with Crippen LogP contribution < -0.4 is 24.8 Å². The van der Waals surface area contributed by atoms with Crippen LogP contribution in [-0.2, 0) is 23.2 Å². The fourth-order valence-corrected chi connectivity index (χ4v) is 11.1. The van der Waals surface area contributed by atoms with E-state index in [2.05, 4.69) is 133 Å². The molecule has 0 radical (unpaired) electrons. The third-order valence-electron chi connectivity index (χ3n) is 8.09. The molecule has 43 heavy (non-hydrogen) atoms. The fraction of sp³-hybridized carbons (Fsp3) is 0.0526. The Kier molecular flexibility index (Phi) is 8.60. The Morgan fingerprint density at radius 1 is 0.395 bits per heavy atom. The Morgan fingerprint density at radius 3 is 1.21 bits per heavy atom. The van der Waals surface area contributed by atoms with E-state index in [-0.39, 0.29) is 24.8 Å². The molecule has 2 nitrogen and oxygen atoms in total. The number of hydrogen-bond donors (Lipinski definition) is 0. The number of furan rings is 2. The molecule has 2 aromatic heterocycles. The Morgan fingerprint density at radius 2 is 0.767 bits per heavy atom. The molecule has 0 saturated carbocycles. The van der Waals surface area contributed by atoms with Crippen molar-refractivity contribution in [2.45, 2.75) is 7.25 Å². The molecule has 0 aliphatic heterocycles. The van der Waals surface area contributed by atoms with E-state index >= 15 is 0 Å². The van der Waals surface area contributed by atoms with E-state index in [1.807, 2.05) is 12.1 Å². The second-order valence-electron chi connectivity index (χ2n) is 10.5. The van der Waals surface area contributed by atoms with Gasteiger partial charge in [-0.3, -0.25) is 0 Å². The summed E-state index contributed by atoms with van der Waals surface area (Å²) in [5.41, 5.74) is 10.3. The molecule has 0 saturated heterocycles. The predicted octanol–water partition coefficient (Wildman–Crippen LogP) is 4.19. The first kappa shape index (κ1) is 29.5. The average molecular weight is 677 g/mol. The summed E-state index contributed by atoms with van der Waals surface area (Å²) in [4.78, 5) is 0. The van der Waals surface area contributed by atoms with Crippen molar-refractivity contribution in [3.63, 3.8) is 0 Å². The summed E-state index contributed by atoms with van der Waals surface area (Å²) in [6, 6.07) is 47.0. The minimum atomic E-state index is -1.19. The summed E-state index contributed by atoms with van der Waals surface area (Å²) in [7, 11) is 0. The van der Waals surface area contributed by atoms with Gasteiger partial charge in [-0.1, -0.05) is 0 Å². The van der Waals surface area contributed by atoms with Crippen LogP contribution in [0, 0.1) is 0 Å². The van der Waals surface area contributed by atoms with Crippen molar-refractivity contribution in [2.24, 2.45) is 0 Å². The number of hydrogen-bond acceptors (Lipinski definition) is 2. The monoisotopic (exact) mass is 674 g/mol. The minimum Gasteiger partial charge on any atom is -1.00 e. The van der Waals surface area contributed by atoms with Crippen LogP contribution >= 0.6 is 0 Å². The van der Waals surface area contributed by atoms with Crippen molar-refractivity contribution in [2.75, 3.05) is 0 Å². The van der Waals surface area contributed by atoms with Crippen LogP contribution in [0.1, 0.15) is 41.0 Å². The Labute approximate surface area is 275 Å². The van der Waals surface area contributed by atoms with Gasteiger partial charge in [0.25, 0.3) is 0 Å². The number of benzene rings is 4. The van der Waals surface area contributed by atoms with E-state index in [1.165, 1.54) is 33.4 Å². The Hall–Kier alpha value is -3.62. The average Bonchev–Trinajstić information content (AvgIpc) is 3.84. The summed E-state index contributed by atoms with van der Waals surface area (Å²) < 4.78 is 13.8. The van der Waals surface area contributed by atoms with Crippen LogP contribution in [-0.4, -0.2) is 0 Å². The number of fused-ring (bicyclic) bond motifs is 2. The molecule has 6 aromatic rings. The van der Waals surface area contributed by atoms with Crippen LogP contribution in [0.2, 0.25) is 0 Å². The summed E-state index contributed by atoms with van der Waals surface area (Å²) in [6.07, 6.45) is 4.72. The zero-order valence-corrected chi connectivity index (χ0v) is 27.1. The maximum atomic E-state index is 6.54. The van der Waals surface area contributed by atoms with Crippen molar-refractivity contribution in [1.82, 2.24) is 0 Å². The molecule has 0 spiro atoms. The first-order valence-electron chi connectivity index (χ1n) is 14.0. The van der Waals surface area contributed by atoms with Crippen molar-refractivity contribution < 1.29 is 56.9 Å². The van der Waals surface area contributed by atoms with Gasteiger partial charge in [0.2, 0.25) is 0 Å².